The summed E-state index contributed by atoms with van der Waals surface area (Å²) >= 11 is 0. The molecule has 0 aliphatic carbocycles. The Morgan fingerprint density at radius 1 is 1.23 bits per heavy atom. The van der Waals surface area contributed by atoms with Crippen molar-refractivity contribution in [1.29, 1.82) is 0 Å². The van der Waals surface area contributed by atoms with Crippen molar-refractivity contribution in [2.24, 2.45) is 0 Å². The zero-order valence-corrected chi connectivity index (χ0v) is 16.1. The molecule has 0 aliphatic rings. The molecule has 0 fully saturated rings. The zero-order chi connectivity index (χ0) is 22.4. The topological polar surface area (TPSA) is 193 Å². The van der Waals surface area contributed by atoms with E-state index >= 15 is 0 Å². The predicted molar refractivity (Wildman–Crippen MR) is 110 cm³/mol. The molecule has 0 unspecified atom stereocenters. The summed E-state index contributed by atoms with van der Waals surface area (Å²) in [6.07, 6.45) is 2.94. The van der Waals surface area contributed by atoms with Crippen LogP contribution in [0.15, 0.2) is 35.3 Å². The first kappa shape index (κ1) is 21.4. The number of amides is 1. The number of nitrogens with two attached hydrogens (primary N) is 1. The summed E-state index contributed by atoms with van der Waals surface area (Å²) in [4.78, 5) is 60.2. The number of rotatable bonds is 9. The maximum atomic E-state index is 12.2. The van der Waals surface area contributed by atoms with Gasteiger partial charge in [-0.25, -0.2) is 14.8 Å². The Morgan fingerprint density at radius 2 is 1.97 bits per heavy atom. The number of hydrogen-bond donors (Lipinski definition) is 5. The van der Waals surface area contributed by atoms with Crippen LogP contribution in [0.5, 0.6) is 0 Å². The minimum atomic E-state index is -1.23. The van der Waals surface area contributed by atoms with E-state index in [2.05, 4.69) is 30.6 Å². The van der Waals surface area contributed by atoms with Gasteiger partial charge in [0.05, 0.1) is 18.4 Å². The van der Waals surface area contributed by atoms with Gasteiger partial charge < -0.3 is 21.5 Å². The van der Waals surface area contributed by atoms with Gasteiger partial charge in [0.1, 0.15) is 6.04 Å². The van der Waals surface area contributed by atoms with Crippen molar-refractivity contribution in [1.82, 2.24) is 25.3 Å². The van der Waals surface area contributed by atoms with Crippen LogP contribution >= 0.6 is 0 Å². The van der Waals surface area contributed by atoms with E-state index in [0.717, 1.165) is 0 Å². The van der Waals surface area contributed by atoms with E-state index in [4.69, 9.17) is 10.8 Å². The summed E-state index contributed by atoms with van der Waals surface area (Å²) < 4.78 is 0. The number of hydrogen-bond acceptors (Lipinski definition) is 9. The Morgan fingerprint density at radius 3 is 2.65 bits per heavy atom. The Balaban J connectivity index is 1.63. The Bertz CT molecular complexity index is 1180. The second-order valence-electron chi connectivity index (χ2n) is 6.46. The number of fused-ring (bicyclic) bond motifs is 1. The first-order valence-electron chi connectivity index (χ1n) is 9.11. The van der Waals surface area contributed by atoms with Gasteiger partial charge in [-0.15, -0.1) is 0 Å². The fraction of sp³-hybridized carbons (Fsp3) is 0.211. The standard InChI is InChI=1S/C19H18N7O5/c20-19-25-15-14(17(29)26-19)23-12(9-22-15)8-21-11-5-3-10(4-6-11)16(28)24-13(18(30)31)2-1-7-27/h3-6,9,13,21H,1-2,8H2,(H,24,28)(H,30,31)(H3,20,22,25,26,29)/t13-/m0/s1. The highest BCUT2D eigenvalue weighted by Crippen LogP contribution is 2.12. The van der Waals surface area contributed by atoms with E-state index in [9.17, 15) is 19.2 Å². The average molecular weight is 424 g/mol. The Hall–Kier alpha value is -4.35. The molecule has 0 aliphatic heterocycles. The Labute approximate surface area is 174 Å². The molecular weight excluding hydrogens is 406 g/mol. The first-order valence-corrected chi connectivity index (χ1v) is 9.11. The van der Waals surface area contributed by atoms with Gasteiger partial charge in [-0.3, -0.25) is 19.4 Å². The summed E-state index contributed by atoms with van der Waals surface area (Å²) in [5, 5.41) is 14.6. The normalized spacial score (nSPS) is 11.6. The highest BCUT2D eigenvalue weighted by Gasteiger charge is 2.20. The van der Waals surface area contributed by atoms with E-state index in [1.807, 2.05) is 0 Å². The van der Waals surface area contributed by atoms with Crippen LogP contribution in [0.4, 0.5) is 11.6 Å². The SMILES string of the molecule is Nc1nc2ncc(CNc3ccc(C(=O)N[C@@H](CC[C]=O)C(=O)O)cc3)nc2c(=O)[nH]1. The van der Waals surface area contributed by atoms with Crippen molar-refractivity contribution in [3.8, 4) is 0 Å². The van der Waals surface area contributed by atoms with Crippen LogP contribution in [-0.2, 0) is 16.1 Å². The van der Waals surface area contributed by atoms with Crippen LogP contribution in [-0.4, -0.2) is 49.2 Å². The molecular formula is C19H18N7O5. The van der Waals surface area contributed by atoms with E-state index in [-0.39, 0.29) is 42.1 Å². The minimum absolute atomic E-state index is 0.0397. The largest absolute Gasteiger partial charge is 0.480 e. The minimum Gasteiger partial charge on any atom is -0.480 e. The highest BCUT2D eigenvalue weighted by molar-refractivity contribution is 5.96. The molecule has 3 rings (SSSR count). The Kier molecular flexibility index (Phi) is 6.50. The second kappa shape index (κ2) is 9.43. The van der Waals surface area contributed by atoms with Gasteiger partial charge >= 0.3 is 5.97 Å². The molecule has 2 aromatic heterocycles. The molecule has 3 aromatic rings. The van der Waals surface area contributed by atoms with E-state index < -0.39 is 23.5 Å². The van der Waals surface area contributed by atoms with Crippen LogP contribution in [0.25, 0.3) is 11.2 Å². The molecule has 0 spiro atoms. The lowest BCUT2D eigenvalue weighted by molar-refractivity contribution is -0.139. The van der Waals surface area contributed by atoms with Gasteiger partial charge in [-0.05, 0) is 30.7 Å². The second-order valence-corrected chi connectivity index (χ2v) is 6.46. The van der Waals surface area contributed by atoms with Crippen molar-refractivity contribution < 1.29 is 19.5 Å². The van der Waals surface area contributed by atoms with Crippen LogP contribution in [0.1, 0.15) is 28.9 Å². The maximum Gasteiger partial charge on any atom is 0.326 e. The quantitative estimate of drug-likeness (QED) is 0.312. The van der Waals surface area contributed by atoms with E-state index in [1.54, 1.807) is 18.4 Å². The van der Waals surface area contributed by atoms with Crippen molar-refractivity contribution in [2.75, 3.05) is 11.1 Å². The maximum absolute atomic E-state index is 12.2. The van der Waals surface area contributed by atoms with Gasteiger partial charge in [0.2, 0.25) is 5.95 Å². The van der Waals surface area contributed by atoms with Crippen LogP contribution < -0.4 is 21.9 Å². The van der Waals surface area contributed by atoms with Crippen LogP contribution in [0.2, 0.25) is 0 Å². The number of nitrogens with one attached hydrogen (secondary N) is 3. The summed E-state index contributed by atoms with van der Waals surface area (Å²) in [5.74, 6) is -1.84. The lowest BCUT2D eigenvalue weighted by Crippen LogP contribution is -2.40. The number of aromatic amines is 1. The van der Waals surface area contributed by atoms with Crippen molar-refractivity contribution in [3.63, 3.8) is 0 Å². The number of aliphatic carboxylic acids is 1. The molecule has 12 heteroatoms. The van der Waals surface area contributed by atoms with Gasteiger partial charge in [0.25, 0.3) is 11.5 Å². The number of H-pyrrole nitrogens is 1. The summed E-state index contributed by atoms with van der Waals surface area (Å²) in [5.41, 5.74) is 6.61. The number of carboxylic acids is 1. The number of nitrogen functional groups attached to an aromatic ring is 1. The molecule has 31 heavy (non-hydrogen) atoms. The summed E-state index contributed by atoms with van der Waals surface area (Å²) in [6.45, 7) is 0.252. The number of benzene rings is 1. The van der Waals surface area contributed by atoms with Gasteiger partial charge in [0.15, 0.2) is 17.5 Å². The molecule has 1 radical (unpaired) electrons. The number of carbonyl (C=O) groups excluding carboxylic acids is 2. The van der Waals surface area contributed by atoms with Crippen molar-refractivity contribution in [3.05, 3.63) is 52.1 Å². The molecule has 0 saturated carbocycles. The number of aromatic nitrogens is 4. The summed E-state index contributed by atoms with van der Waals surface area (Å²) in [6, 6.07) is 5.13. The fourth-order valence-electron chi connectivity index (χ4n) is 2.69. The first-order chi connectivity index (χ1) is 14.9. The average Bonchev–Trinajstić information content (AvgIpc) is 2.75. The lowest BCUT2D eigenvalue weighted by Gasteiger charge is -2.13. The zero-order valence-electron chi connectivity index (χ0n) is 16.1. The fourth-order valence-corrected chi connectivity index (χ4v) is 2.69. The van der Waals surface area contributed by atoms with Gasteiger partial charge in [0, 0.05) is 17.7 Å². The van der Waals surface area contributed by atoms with Crippen molar-refractivity contribution in [2.45, 2.75) is 25.4 Å². The molecule has 6 N–H and O–H groups in total. The number of carbonyl (C=O) groups is 2. The third kappa shape index (κ3) is 5.38. The number of carboxylic acid groups (broad SMARTS) is 1. The lowest BCUT2D eigenvalue weighted by atomic mass is 10.1. The molecule has 12 nitrogen and oxygen atoms in total. The van der Waals surface area contributed by atoms with E-state index in [0.29, 0.717) is 11.4 Å². The summed E-state index contributed by atoms with van der Waals surface area (Å²) in [7, 11) is 0. The van der Waals surface area contributed by atoms with Gasteiger partial charge in [-0.2, -0.15) is 4.98 Å². The molecule has 2 heterocycles. The van der Waals surface area contributed by atoms with Crippen molar-refractivity contribution >= 4 is 41.0 Å². The molecule has 0 bridgehead atoms. The van der Waals surface area contributed by atoms with E-state index in [1.165, 1.54) is 18.3 Å². The third-order valence-electron chi connectivity index (χ3n) is 4.25. The smallest absolute Gasteiger partial charge is 0.326 e. The van der Waals surface area contributed by atoms with Crippen LogP contribution in [0, 0.1) is 0 Å². The molecule has 159 valence electrons. The monoisotopic (exact) mass is 424 g/mol. The molecule has 1 amide bonds. The molecule has 1 aromatic carbocycles. The van der Waals surface area contributed by atoms with Crippen LogP contribution in [0.3, 0.4) is 0 Å². The highest BCUT2D eigenvalue weighted by atomic mass is 16.4. The molecule has 1 atom stereocenters. The molecule has 0 saturated heterocycles. The van der Waals surface area contributed by atoms with Gasteiger partial charge in [-0.1, -0.05) is 0 Å². The number of nitrogens with zero attached hydrogens (tertiary/aromatic N) is 3. The third-order valence-corrected chi connectivity index (χ3v) is 4.25. The number of anilines is 2. The predicted octanol–water partition coefficient (Wildman–Crippen LogP) is -0.0197.